The van der Waals surface area contributed by atoms with Gasteiger partial charge < -0.3 is 24.6 Å². The molecule has 0 saturated carbocycles. The number of halogens is 4. The van der Waals surface area contributed by atoms with Crippen LogP contribution in [-0.4, -0.2) is 75.4 Å². The van der Waals surface area contributed by atoms with Gasteiger partial charge in [0.15, 0.2) is 0 Å². The fourth-order valence-corrected chi connectivity index (χ4v) is 3.87. The Balaban J connectivity index is 0.000000406. The Labute approximate surface area is 191 Å². The smallest absolute Gasteiger partial charge is 0.475 e. The molecular formula is C21H22F4N4O5. The number of alkyl halides is 3. The summed E-state index contributed by atoms with van der Waals surface area (Å²) in [6.07, 6.45) is -1.28. The number of rotatable bonds is 4. The van der Waals surface area contributed by atoms with Gasteiger partial charge in [-0.3, -0.25) is 9.59 Å². The first-order valence-corrected chi connectivity index (χ1v) is 10.2. The number of amides is 2. The molecule has 13 heteroatoms. The van der Waals surface area contributed by atoms with Crippen LogP contribution in [0.2, 0.25) is 0 Å². The van der Waals surface area contributed by atoms with Crippen molar-refractivity contribution in [3.05, 3.63) is 53.9 Å². The van der Waals surface area contributed by atoms with Crippen molar-refractivity contribution in [3.63, 3.8) is 0 Å². The zero-order valence-corrected chi connectivity index (χ0v) is 18.0. The molecule has 0 unspecified atom stereocenters. The molecule has 2 aliphatic rings. The second-order valence-corrected chi connectivity index (χ2v) is 7.89. The van der Waals surface area contributed by atoms with Crippen LogP contribution in [0.15, 0.2) is 36.7 Å². The zero-order chi connectivity index (χ0) is 25.0. The molecular weight excluding hydrogens is 464 g/mol. The number of nitrogens with zero attached hydrogens (tertiary/aromatic N) is 3. The summed E-state index contributed by atoms with van der Waals surface area (Å²) in [7, 11) is 1.83. The minimum atomic E-state index is -5.08. The number of hydrogen-bond donors (Lipinski definition) is 2. The molecule has 0 aliphatic carbocycles. The Hall–Kier alpha value is -3.48. The number of fused-ring (bicyclic) bond motifs is 1. The molecule has 2 amide bonds. The monoisotopic (exact) mass is 486 g/mol. The maximum absolute atomic E-state index is 13.2. The summed E-state index contributed by atoms with van der Waals surface area (Å²) in [4.78, 5) is 38.8. The van der Waals surface area contributed by atoms with E-state index in [1.54, 1.807) is 15.5 Å². The van der Waals surface area contributed by atoms with E-state index in [1.807, 2.05) is 19.3 Å². The number of likely N-dealkylation sites (tertiary alicyclic amines) is 1. The van der Waals surface area contributed by atoms with Crippen LogP contribution in [0.3, 0.4) is 0 Å². The first-order valence-electron chi connectivity index (χ1n) is 10.2. The molecule has 2 N–H and O–H groups in total. The number of aliphatic carboxylic acids is 1. The van der Waals surface area contributed by atoms with Crippen LogP contribution >= 0.6 is 0 Å². The summed E-state index contributed by atoms with van der Waals surface area (Å²) in [5.41, 5.74) is 0.906. The molecule has 4 rings (SSSR count). The molecule has 0 bridgehead atoms. The van der Waals surface area contributed by atoms with E-state index in [4.69, 9.17) is 14.6 Å². The first kappa shape index (κ1) is 25.1. The lowest BCUT2D eigenvalue weighted by atomic mass is 10.0. The Morgan fingerprint density at radius 3 is 2.53 bits per heavy atom. The van der Waals surface area contributed by atoms with Gasteiger partial charge in [0, 0.05) is 56.6 Å². The number of hydrogen-bond acceptors (Lipinski definition) is 5. The number of carboxylic acids is 1. The van der Waals surface area contributed by atoms with Crippen LogP contribution in [-0.2, 0) is 16.6 Å². The molecule has 2 fully saturated rings. The molecule has 2 aromatic heterocycles. The SMILES string of the molecule is Cn1cccc1C(=O)NC[C@H]1C[C@@H]2CN(C(=O)c3ccnc(F)c3)C[C@@H]2O1.O=C(O)C(F)(F)F. The van der Waals surface area contributed by atoms with Gasteiger partial charge in [-0.05, 0) is 24.6 Å². The van der Waals surface area contributed by atoms with E-state index in [0.717, 1.165) is 12.5 Å². The van der Waals surface area contributed by atoms with Crippen LogP contribution in [0.5, 0.6) is 0 Å². The van der Waals surface area contributed by atoms with Crippen LogP contribution in [0, 0.1) is 11.9 Å². The van der Waals surface area contributed by atoms with Gasteiger partial charge in [-0.15, -0.1) is 0 Å². The van der Waals surface area contributed by atoms with Crippen LogP contribution in [0.1, 0.15) is 27.3 Å². The van der Waals surface area contributed by atoms with Gasteiger partial charge in [0.2, 0.25) is 5.95 Å². The largest absolute Gasteiger partial charge is 0.490 e. The molecule has 3 atom stereocenters. The van der Waals surface area contributed by atoms with E-state index in [0.29, 0.717) is 30.9 Å². The summed E-state index contributed by atoms with van der Waals surface area (Å²) in [5, 5.41) is 10.0. The van der Waals surface area contributed by atoms with E-state index >= 15 is 0 Å². The minimum Gasteiger partial charge on any atom is -0.475 e. The van der Waals surface area contributed by atoms with Gasteiger partial charge in [0.05, 0.1) is 12.2 Å². The summed E-state index contributed by atoms with van der Waals surface area (Å²) in [6, 6.07) is 6.26. The van der Waals surface area contributed by atoms with Crippen molar-refractivity contribution in [1.82, 2.24) is 19.8 Å². The van der Waals surface area contributed by atoms with Crippen molar-refractivity contribution in [3.8, 4) is 0 Å². The number of carbonyl (C=O) groups excluding carboxylic acids is 2. The molecule has 9 nitrogen and oxygen atoms in total. The molecule has 184 valence electrons. The van der Waals surface area contributed by atoms with Crippen molar-refractivity contribution < 1.29 is 41.8 Å². The molecule has 0 spiro atoms. The molecule has 2 aromatic rings. The molecule has 4 heterocycles. The van der Waals surface area contributed by atoms with Gasteiger partial charge in [-0.1, -0.05) is 0 Å². The Bertz CT molecular complexity index is 1040. The lowest BCUT2D eigenvalue weighted by Crippen LogP contribution is -2.35. The van der Waals surface area contributed by atoms with E-state index in [-0.39, 0.29) is 29.9 Å². The van der Waals surface area contributed by atoms with Gasteiger partial charge in [-0.2, -0.15) is 17.6 Å². The molecule has 0 aromatic carbocycles. The van der Waals surface area contributed by atoms with E-state index in [9.17, 15) is 27.2 Å². The van der Waals surface area contributed by atoms with E-state index in [1.165, 1.54) is 12.3 Å². The Morgan fingerprint density at radius 2 is 1.97 bits per heavy atom. The lowest BCUT2D eigenvalue weighted by Gasteiger charge is -2.20. The number of nitrogens with one attached hydrogen (secondary N) is 1. The van der Waals surface area contributed by atoms with Crippen LogP contribution in [0.4, 0.5) is 17.6 Å². The average Bonchev–Trinajstić information content (AvgIpc) is 3.46. The number of aromatic nitrogens is 2. The standard InChI is InChI=1S/C19H21FN4O3.C2HF3O2/c1-23-6-2-3-15(23)18(25)22-9-14-7-13-10-24(11-16(13)27-14)19(26)12-4-5-21-17(20)8-12;3-2(4,5)1(6)7/h2-6,8,13-14,16H,7,9-11H2,1H3,(H,22,25);(H,6,7)/t13-,14-,16+;/m1./s1. The van der Waals surface area contributed by atoms with Crippen LogP contribution in [0.25, 0.3) is 0 Å². The second-order valence-electron chi connectivity index (χ2n) is 7.89. The lowest BCUT2D eigenvalue weighted by molar-refractivity contribution is -0.192. The summed E-state index contributed by atoms with van der Waals surface area (Å²) in [6.45, 7) is 1.51. The average molecular weight is 486 g/mol. The molecule has 2 saturated heterocycles. The van der Waals surface area contributed by atoms with Gasteiger partial charge in [0.1, 0.15) is 5.69 Å². The van der Waals surface area contributed by atoms with Gasteiger partial charge >= 0.3 is 12.1 Å². The summed E-state index contributed by atoms with van der Waals surface area (Å²) < 4.78 is 52.8. The van der Waals surface area contributed by atoms with Gasteiger partial charge in [-0.25, -0.2) is 9.78 Å². The van der Waals surface area contributed by atoms with Crippen molar-refractivity contribution in [1.29, 1.82) is 0 Å². The first-order chi connectivity index (χ1) is 16.0. The number of carbonyl (C=O) groups is 3. The topological polar surface area (TPSA) is 114 Å². The quantitative estimate of drug-likeness (QED) is 0.504. The fourth-order valence-electron chi connectivity index (χ4n) is 3.87. The highest BCUT2D eigenvalue weighted by atomic mass is 19.4. The number of pyridine rings is 1. The summed E-state index contributed by atoms with van der Waals surface area (Å²) in [5.74, 6) is -3.52. The zero-order valence-electron chi connectivity index (χ0n) is 18.0. The van der Waals surface area contributed by atoms with Crippen molar-refractivity contribution in [2.75, 3.05) is 19.6 Å². The highest BCUT2D eigenvalue weighted by Gasteiger charge is 2.43. The fraction of sp³-hybridized carbons (Fsp3) is 0.429. The highest BCUT2D eigenvalue weighted by molar-refractivity contribution is 5.94. The number of aryl methyl sites for hydroxylation is 1. The third-order valence-electron chi connectivity index (χ3n) is 5.48. The predicted octanol–water partition coefficient (Wildman–Crippen LogP) is 1.85. The third kappa shape index (κ3) is 6.10. The summed E-state index contributed by atoms with van der Waals surface area (Å²) >= 11 is 0. The van der Waals surface area contributed by atoms with Crippen molar-refractivity contribution >= 4 is 17.8 Å². The van der Waals surface area contributed by atoms with Crippen LogP contribution < -0.4 is 5.32 Å². The molecule has 34 heavy (non-hydrogen) atoms. The highest BCUT2D eigenvalue weighted by Crippen LogP contribution is 2.33. The second kappa shape index (κ2) is 10.2. The van der Waals surface area contributed by atoms with E-state index < -0.39 is 18.1 Å². The molecule has 2 aliphatic heterocycles. The number of carboxylic acid groups (broad SMARTS) is 1. The number of ether oxygens (including phenoxy) is 1. The predicted molar refractivity (Wildman–Crippen MR) is 108 cm³/mol. The Morgan fingerprint density at radius 1 is 1.26 bits per heavy atom. The maximum atomic E-state index is 13.2. The molecule has 0 radical (unpaired) electrons. The van der Waals surface area contributed by atoms with Crippen molar-refractivity contribution in [2.45, 2.75) is 24.8 Å². The minimum absolute atomic E-state index is 0.0439. The Kier molecular flexibility index (Phi) is 7.54. The van der Waals surface area contributed by atoms with Crippen molar-refractivity contribution in [2.24, 2.45) is 13.0 Å². The third-order valence-corrected chi connectivity index (χ3v) is 5.48. The maximum Gasteiger partial charge on any atom is 0.490 e. The van der Waals surface area contributed by atoms with Gasteiger partial charge in [0.25, 0.3) is 11.8 Å². The normalized spacial score (nSPS) is 21.4. The van der Waals surface area contributed by atoms with E-state index in [2.05, 4.69) is 10.3 Å².